The second-order valence-corrected chi connectivity index (χ2v) is 7.19. The summed E-state index contributed by atoms with van der Waals surface area (Å²) in [5.41, 5.74) is 1.23. The Balaban J connectivity index is 1.98. The Morgan fingerprint density at radius 3 is 2.50 bits per heavy atom. The zero-order chi connectivity index (χ0) is 19.1. The average Bonchev–Trinajstić information content (AvgIpc) is 3.16. The maximum Gasteiger partial charge on any atom is 0.253 e. The Morgan fingerprint density at radius 1 is 1.15 bits per heavy atom. The molecule has 1 unspecified atom stereocenters. The van der Waals surface area contributed by atoms with Crippen molar-refractivity contribution in [3.63, 3.8) is 0 Å². The third kappa shape index (κ3) is 5.16. The van der Waals surface area contributed by atoms with E-state index in [9.17, 15) is 9.59 Å². The van der Waals surface area contributed by atoms with Crippen molar-refractivity contribution in [2.75, 3.05) is 32.0 Å². The van der Waals surface area contributed by atoms with Crippen molar-refractivity contribution in [1.29, 1.82) is 0 Å². The molecule has 6 heteroatoms. The van der Waals surface area contributed by atoms with Crippen molar-refractivity contribution in [1.82, 2.24) is 9.80 Å². The summed E-state index contributed by atoms with van der Waals surface area (Å²) in [5, 5.41) is 4.94. The number of carbonyl (C=O) groups is 2. The van der Waals surface area contributed by atoms with Gasteiger partial charge < -0.3 is 10.2 Å². The summed E-state index contributed by atoms with van der Waals surface area (Å²) < 4.78 is 0. The Morgan fingerprint density at radius 2 is 1.88 bits per heavy atom. The summed E-state index contributed by atoms with van der Waals surface area (Å²) in [6, 6.07) is 11.4. The molecule has 0 aliphatic rings. The second kappa shape index (κ2) is 9.50. The van der Waals surface area contributed by atoms with Crippen LogP contribution in [0, 0.1) is 0 Å². The van der Waals surface area contributed by atoms with Crippen molar-refractivity contribution < 1.29 is 9.59 Å². The topological polar surface area (TPSA) is 52.7 Å². The molecule has 2 amide bonds. The summed E-state index contributed by atoms with van der Waals surface area (Å²) >= 11 is 1.69. The minimum Gasteiger partial charge on any atom is -0.339 e. The van der Waals surface area contributed by atoms with Crippen LogP contribution in [-0.2, 0) is 4.79 Å². The number of likely N-dealkylation sites (N-methyl/N-ethyl adjacent to an activating group) is 1. The fraction of sp³-hybridized carbons (Fsp3) is 0.400. The van der Waals surface area contributed by atoms with Gasteiger partial charge in [-0.3, -0.25) is 14.5 Å². The first kappa shape index (κ1) is 20.1. The van der Waals surface area contributed by atoms with Gasteiger partial charge in [0.2, 0.25) is 5.91 Å². The van der Waals surface area contributed by atoms with Crippen LogP contribution in [-0.4, -0.2) is 48.3 Å². The van der Waals surface area contributed by atoms with E-state index >= 15 is 0 Å². The molecule has 0 spiro atoms. The van der Waals surface area contributed by atoms with Crippen LogP contribution >= 0.6 is 11.3 Å². The highest BCUT2D eigenvalue weighted by Crippen LogP contribution is 2.23. The summed E-state index contributed by atoms with van der Waals surface area (Å²) in [5.74, 6) is -0.113. The minimum absolute atomic E-state index is 0.0189. The molecule has 0 aliphatic heterocycles. The molecule has 0 fully saturated rings. The van der Waals surface area contributed by atoms with Crippen LogP contribution in [0.15, 0.2) is 41.8 Å². The molecule has 26 heavy (non-hydrogen) atoms. The Bertz CT molecular complexity index is 726. The first-order chi connectivity index (χ1) is 12.5. The molecule has 0 saturated heterocycles. The van der Waals surface area contributed by atoms with Gasteiger partial charge >= 0.3 is 0 Å². The summed E-state index contributed by atoms with van der Waals surface area (Å²) in [6.07, 6.45) is 0. The van der Waals surface area contributed by atoms with Gasteiger partial charge in [-0.25, -0.2) is 0 Å². The fourth-order valence-corrected chi connectivity index (χ4v) is 3.58. The predicted molar refractivity (Wildman–Crippen MR) is 108 cm³/mol. The van der Waals surface area contributed by atoms with Gasteiger partial charge in [0.1, 0.15) is 0 Å². The molecule has 0 saturated carbocycles. The largest absolute Gasteiger partial charge is 0.339 e. The quantitative estimate of drug-likeness (QED) is 0.764. The van der Waals surface area contributed by atoms with Gasteiger partial charge in [-0.15, -0.1) is 11.3 Å². The lowest BCUT2D eigenvalue weighted by atomic mass is 10.1. The molecule has 5 nitrogen and oxygen atoms in total. The van der Waals surface area contributed by atoms with Crippen molar-refractivity contribution >= 4 is 28.8 Å². The molecule has 1 aromatic heterocycles. The third-order valence-corrected chi connectivity index (χ3v) is 5.50. The van der Waals surface area contributed by atoms with Gasteiger partial charge in [0.05, 0.1) is 6.54 Å². The Hall–Kier alpha value is -2.18. The van der Waals surface area contributed by atoms with Gasteiger partial charge in [0.15, 0.2) is 0 Å². The highest BCUT2D eigenvalue weighted by atomic mass is 32.1. The van der Waals surface area contributed by atoms with E-state index in [-0.39, 0.29) is 24.4 Å². The van der Waals surface area contributed by atoms with Crippen LogP contribution < -0.4 is 5.32 Å². The fourth-order valence-electron chi connectivity index (χ4n) is 2.73. The summed E-state index contributed by atoms with van der Waals surface area (Å²) in [4.78, 5) is 29.8. The van der Waals surface area contributed by atoms with E-state index in [0.717, 1.165) is 0 Å². The van der Waals surface area contributed by atoms with Crippen molar-refractivity contribution in [2.24, 2.45) is 0 Å². The molecule has 0 aliphatic carbocycles. The van der Waals surface area contributed by atoms with Crippen molar-refractivity contribution in [3.05, 3.63) is 52.2 Å². The molecular weight excluding hydrogens is 346 g/mol. The number of anilines is 1. The van der Waals surface area contributed by atoms with E-state index in [1.165, 1.54) is 4.88 Å². The van der Waals surface area contributed by atoms with Crippen LogP contribution in [0.1, 0.15) is 42.0 Å². The van der Waals surface area contributed by atoms with E-state index in [1.807, 2.05) is 37.2 Å². The normalized spacial score (nSPS) is 12.0. The van der Waals surface area contributed by atoms with E-state index in [2.05, 4.69) is 18.3 Å². The first-order valence-electron chi connectivity index (χ1n) is 8.89. The Labute approximate surface area is 159 Å². The molecule has 1 aromatic carbocycles. The smallest absolute Gasteiger partial charge is 0.253 e. The first-order valence-corrected chi connectivity index (χ1v) is 9.77. The lowest BCUT2D eigenvalue weighted by Gasteiger charge is -2.23. The maximum atomic E-state index is 12.4. The number of hydrogen-bond acceptors (Lipinski definition) is 4. The standard InChI is InChI=1S/C20H27N3O2S/c1-5-23(6-2)20(25)16-9-7-10-17(13-16)21-19(24)14-22(4)15(3)18-11-8-12-26-18/h7-13,15H,5-6,14H2,1-4H3,(H,21,24). The number of benzene rings is 1. The third-order valence-electron chi connectivity index (χ3n) is 4.45. The molecule has 2 rings (SSSR count). The van der Waals surface area contributed by atoms with Gasteiger partial charge in [0, 0.05) is 35.3 Å². The summed E-state index contributed by atoms with van der Waals surface area (Å²) in [6.45, 7) is 7.61. The highest BCUT2D eigenvalue weighted by Gasteiger charge is 2.17. The van der Waals surface area contributed by atoms with Crippen molar-refractivity contribution in [2.45, 2.75) is 26.8 Å². The zero-order valence-electron chi connectivity index (χ0n) is 15.9. The van der Waals surface area contributed by atoms with Gasteiger partial charge in [-0.05, 0) is 57.5 Å². The monoisotopic (exact) mass is 373 g/mol. The van der Waals surface area contributed by atoms with Gasteiger partial charge in [-0.2, -0.15) is 0 Å². The van der Waals surface area contributed by atoms with Gasteiger partial charge in [-0.1, -0.05) is 12.1 Å². The highest BCUT2D eigenvalue weighted by molar-refractivity contribution is 7.10. The molecule has 140 valence electrons. The molecule has 1 N–H and O–H groups in total. The average molecular weight is 374 g/mol. The van der Waals surface area contributed by atoms with Crippen LogP contribution in [0.2, 0.25) is 0 Å². The molecule has 0 radical (unpaired) electrons. The number of amides is 2. The predicted octanol–water partition coefficient (Wildman–Crippen LogP) is 3.86. The van der Waals surface area contributed by atoms with Crippen LogP contribution in [0.25, 0.3) is 0 Å². The minimum atomic E-state index is -0.0941. The van der Waals surface area contributed by atoms with Crippen LogP contribution in [0.5, 0.6) is 0 Å². The second-order valence-electron chi connectivity index (χ2n) is 6.21. The lowest BCUT2D eigenvalue weighted by molar-refractivity contribution is -0.117. The van der Waals surface area contributed by atoms with E-state index in [0.29, 0.717) is 24.3 Å². The van der Waals surface area contributed by atoms with E-state index in [1.54, 1.807) is 40.5 Å². The molecular formula is C20H27N3O2S. The van der Waals surface area contributed by atoms with E-state index in [4.69, 9.17) is 0 Å². The number of hydrogen-bond donors (Lipinski definition) is 1. The Kier molecular flexibility index (Phi) is 7.36. The zero-order valence-corrected chi connectivity index (χ0v) is 16.7. The number of thiophene rings is 1. The molecule has 1 heterocycles. The SMILES string of the molecule is CCN(CC)C(=O)c1cccc(NC(=O)CN(C)C(C)c2cccs2)c1. The lowest BCUT2D eigenvalue weighted by Crippen LogP contribution is -2.32. The number of nitrogens with one attached hydrogen (secondary N) is 1. The van der Waals surface area contributed by atoms with Crippen molar-refractivity contribution in [3.8, 4) is 0 Å². The number of carbonyl (C=O) groups excluding carboxylic acids is 2. The van der Waals surface area contributed by atoms with Gasteiger partial charge in [0.25, 0.3) is 5.91 Å². The number of rotatable bonds is 8. The van der Waals surface area contributed by atoms with E-state index < -0.39 is 0 Å². The molecule has 0 bridgehead atoms. The van der Waals surface area contributed by atoms with Crippen LogP contribution in [0.3, 0.4) is 0 Å². The number of nitrogens with zero attached hydrogens (tertiary/aromatic N) is 2. The molecule has 1 atom stereocenters. The maximum absolute atomic E-state index is 12.4. The summed E-state index contributed by atoms with van der Waals surface area (Å²) in [7, 11) is 1.93. The van der Waals surface area contributed by atoms with Crippen LogP contribution in [0.4, 0.5) is 5.69 Å². The molecule has 2 aromatic rings.